The van der Waals surface area contributed by atoms with Gasteiger partial charge in [-0.2, -0.15) is 0 Å². The van der Waals surface area contributed by atoms with Gasteiger partial charge in [0, 0.05) is 24.3 Å². The predicted octanol–water partition coefficient (Wildman–Crippen LogP) is 1.59. The zero-order valence-corrected chi connectivity index (χ0v) is 12.8. The van der Waals surface area contributed by atoms with Crippen LogP contribution in [0.4, 0.5) is 0 Å². The van der Waals surface area contributed by atoms with Crippen LogP contribution in [-0.2, 0) is 9.59 Å². The van der Waals surface area contributed by atoms with Gasteiger partial charge in [-0.25, -0.2) is 14.8 Å². The number of thioether (sulfide) groups is 1. The molecule has 1 aromatic heterocycles. The number of aromatic nitrogens is 2. The van der Waals surface area contributed by atoms with E-state index in [1.165, 1.54) is 18.7 Å². The minimum atomic E-state index is -1.05. The normalized spacial score (nSPS) is 12.2. The summed E-state index contributed by atoms with van der Waals surface area (Å²) in [7, 11) is 0. The van der Waals surface area contributed by atoms with Gasteiger partial charge in [0.05, 0.1) is 0 Å². The van der Waals surface area contributed by atoms with Crippen LogP contribution >= 0.6 is 11.8 Å². The number of hydrogen-bond acceptors (Lipinski definition) is 5. The molecule has 0 aliphatic carbocycles. The Hall–Kier alpha value is -1.63. The maximum atomic E-state index is 11.0. The number of rotatable bonds is 6. The first-order valence-corrected chi connectivity index (χ1v) is 7.26. The molecule has 7 heteroatoms. The van der Waals surface area contributed by atoms with E-state index in [2.05, 4.69) is 15.3 Å². The SMILES string of the molecule is CC(=O)NC(CSc1cc(C)nc(C(C)C)n1)C(=O)O. The summed E-state index contributed by atoms with van der Waals surface area (Å²) in [4.78, 5) is 30.7. The molecule has 0 bridgehead atoms. The monoisotopic (exact) mass is 297 g/mol. The third kappa shape index (κ3) is 5.16. The van der Waals surface area contributed by atoms with Gasteiger partial charge in [0.15, 0.2) is 0 Å². The molecule has 0 spiro atoms. The van der Waals surface area contributed by atoms with Crippen molar-refractivity contribution in [1.29, 1.82) is 0 Å². The van der Waals surface area contributed by atoms with Crippen molar-refractivity contribution in [1.82, 2.24) is 15.3 Å². The van der Waals surface area contributed by atoms with E-state index in [1.807, 2.05) is 26.8 Å². The van der Waals surface area contributed by atoms with Crippen molar-refractivity contribution in [3.63, 3.8) is 0 Å². The number of carbonyl (C=O) groups is 2. The quantitative estimate of drug-likeness (QED) is 0.612. The summed E-state index contributed by atoms with van der Waals surface area (Å²) >= 11 is 1.30. The Labute approximate surface area is 122 Å². The number of hydrogen-bond donors (Lipinski definition) is 2. The molecule has 110 valence electrons. The predicted molar refractivity (Wildman–Crippen MR) is 76.8 cm³/mol. The number of amides is 1. The lowest BCUT2D eigenvalue weighted by Gasteiger charge is -2.13. The van der Waals surface area contributed by atoms with E-state index >= 15 is 0 Å². The molecule has 0 aromatic carbocycles. The van der Waals surface area contributed by atoms with Crippen LogP contribution in [0.3, 0.4) is 0 Å². The molecule has 1 rings (SSSR count). The maximum absolute atomic E-state index is 11.0. The van der Waals surface area contributed by atoms with Crippen LogP contribution in [0.2, 0.25) is 0 Å². The van der Waals surface area contributed by atoms with Gasteiger partial charge in [0.2, 0.25) is 5.91 Å². The molecule has 0 saturated carbocycles. The van der Waals surface area contributed by atoms with Gasteiger partial charge in [0.25, 0.3) is 0 Å². The number of nitrogens with one attached hydrogen (secondary N) is 1. The van der Waals surface area contributed by atoms with Crippen LogP contribution in [0.1, 0.15) is 38.2 Å². The fraction of sp³-hybridized carbons (Fsp3) is 0.538. The Morgan fingerprint density at radius 3 is 2.55 bits per heavy atom. The van der Waals surface area contributed by atoms with Gasteiger partial charge < -0.3 is 10.4 Å². The Bertz CT molecular complexity index is 506. The number of carboxylic acid groups (broad SMARTS) is 1. The van der Waals surface area contributed by atoms with Gasteiger partial charge >= 0.3 is 5.97 Å². The molecule has 1 unspecified atom stereocenters. The topological polar surface area (TPSA) is 92.2 Å². The lowest BCUT2D eigenvalue weighted by Crippen LogP contribution is -2.41. The average Bonchev–Trinajstić information content (AvgIpc) is 2.33. The minimum absolute atomic E-state index is 0.208. The van der Waals surface area contributed by atoms with E-state index in [4.69, 9.17) is 5.11 Å². The molecular weight excluding hydrogens is 278 g/mol. The molecule has 20 heavy (non-hydrogen) atoms. The molecule has 1 amide bonds. The Morgan fingerprint density at radius 1 is 1.40 bits per heavy atom. The molecule has 1 aromatic rings. The Balaban J connectivity index is 2.77. The second-order valence-electron chi connectivity index (χ2n) is 4.76. The number of carbonyl (C=O) groups excluding carboxylic acids is 1. The molecule has 0 saturated heterocycles. The molecule has 0 radical (unpaired) electrons. The second-order valence-corrected chi connectivity index (χ2v) is 5.80. The first kappa shape index (κ1) is 16.4. The van der Waals surface area contributed by atoms with Gasteiger partial charge in [-0.05, 0) is 13.0 Å². The highest BCUT2D eigenvalue weighted by Crippen LogP contribution is 2.20. The van der Waals surface area contributed by atoms with Crippen LogP contribution in [0.25, 0.3) is 0 Å². The largest absolute Gasteiger partial charge is 0.480 e. The van der Waals surface area contributed by atoms with E-state index in [9.17, 15) is 9.59 Å². The number of nitrogens with zero attached hydrogens (tertiary/aromatic N) is 2. The minimum Gasteiger partial charge on any atom is -0.480 e. The number of aliphatic carboxylic acids is 1. The molecule has 6 nitrogen and oxygen atoms in total. The standard InChI is InChI=1S/C13H19N3O3S/c1-7(2)12-14-8(3)5-11(16-12)20-6-10(13(18)19)15-9(4)17/h5,7,10H,6H2,1-4H3,(H,15,17)(H,18,19). The fourth-order valence-corrected chi connectivity index (χ4v) is 2.46. The van der Waals surface area contributed by atoms with Gasteiger partial charge in [-0.15, -0.1) is 11.8 Å². The number of carboxylic acids is 1. The Morgan fingerprint density at radius 2 is 2.05 bits per heavy atom. The van der Waals surface area contributed by atoms with Crippen molar-refractivity contribution < 1.29 is 14.7 Å². The summed E-state index contributed by atoms with van der Waals surface area (Å²) in [5, 5.41) is 12.2. The third-order valence-corrected chi connectivity index (χ3v) is 3.44. The molecule has 0 aliphatic heterocycles. The first-order chi connectivity index (χ1) is 9.29. The van der Waals surface area contributed by atoms with Crippen molar-refractivity contribution in [3.8, 4) is 0 Å². The first-order valence-electron chi connectivity index (χ1n) is 6.28. The molecule has 0 fully saturated rings. The lowest BCUT2D eigenvalue weighted by atomic mass is 10.2. The van der Waals surface area contributed by atoms with Crippen molar-refractivity contribution in [2.24, 2.45) is 0 Å². The second kappa shape index (κ2) is 7.23. The highest BCUT2D eigenvalue weighted by Gasteiger charge is 2.19. The summed E-state index contributed by atoms with van der Waals surface area (Å²) < 4.78 is 0. The molecule has 1 heterocycles. The summed E-state index contributed by atoms with van der Waals surface area (Å²) in [6.07, 6.45) is 0. The fourth-order valence-electron chi connectivity index (χ4n) is 1.48. The van der Waals surface area contributed by atoms with E-state index in [0.29, 0.717) is 0 Å². The smallest absolute Gasteiger partial charge is 0.327 e. The number of aryl methyl sites for hydroxylation is 1. The third-order valence-electron chi connectivity index (χ3n) is 2.44. The average molecular weight is 297 g/mol. The van der Waals surface area contributed by atoms with Crippen LogP contribution in [-0.4, -0.2) is 38.7 Å². The summed E-state index contributed by atoms with van der Waals surface area (Å²) in [5.41, 5.74) is 0.845. The molecule has 2 N–H and O–H groups in total. The molecule has 1 atom stereocenters. The molecule has 0 aliphatic rings. The van der Waals surface area contributed by atoms with E-state index in [-0.39, 0.29) is 17.6 Å². The van der Waals surface area contributed by atoms with Crippen molar-refractivity contribution in [2.75, 3.05) is 5.75 Å². The Kier molecular flexibility index (Phi) is 5.94. The highest BCUT2D eigenvalue weighted by molar-refractivity contribution is 7.99. The lowest BCUT2D eigenvalue weighted by molar-refractivity contribution is -0.140. The van der Waals surface area contributed by atoms with Gasteiger partial charge in [-0.3, -0.25) is 4.79 Å². The van der Waals surface area contributed by atoms with Crippen molar-refractivity contribution in [3.05, 3.63) is 17.6 Å². The van der Waals surface area contributed by atoms with E-state index < -0.39 is 12.0 Å². The van der Waals surface area contributed by atoms with Crippen LogP contribution in [0.15, 0.2) is 11.1 Å². The van der Waals surface area contributed by atoms with Crippen molar-refractivity contribution in [2.45, 2.75) is 44.7 Å². The zero-order valence-electron chi connectivity index (χ0n) is 12.0. The van der Waals surface area contributed by atoms with Gasteiger partial charge in [-0.1, -0.05) is 13.8 Å². The molecular formula is C13H19N3O3S. The van der Waals surface area contributed by atoms with Crippen LogP contribution in [0.5, 0.6) is 0 Å². The maximum Gasteiger partial charge on any atom is 0.327 e. The van der Waals surface area contributed by atoms with E-state index in [0.717, 1.165) is 16.5 Å². The highest BCUT2D eigenvalue weighted by atomic mass is 32.2. The van der Waals surface area contributed by atoms with Crippen LogP contribution in [0, 0.1) is 6.92 Å². The van der Waals surface area contributed by atoms with Crippen LogP contribution < -0.4 is 5.32 Å². The summed E-state index contributed by atoms with van der Waals surface area (Å²) in [6.45, 7) is 7.17. The van der Waals surface area contributed by atoms with Gasteiger partial charge in [0.1, 0.15) is 16.9 Å². The summed E-state index contributed by atoms with van der Waals surface area (Å²) in [5.74, 6) is -0.246. The van der Waals surface area contributed by atoms with E-state index in [1.54, 1.807) is 0 Å². The zero-order chi connectivity index (χ0) is 15.3. The summed E-state index contributed by atoms with van der Waals surface area (Å²) in [6, 6.07) is 0.888. The van der Waals surface area contributed by atoms with Crippen molar-refractivity contribution >= 4 is 23.6 Å².